The quantitative estimate of drug-likeness (QED) is 0.850. The molecule has 0 aliphatic carbocycles. The van der Waals surface area contributed by atoms with Crippen LogP contribution in [0.2, 0.25) is 0 Å². The lowest BCUT2D eigenvalue weighted by Gasteiger charge is -2.32. The van der Waals surface area contributed by atoms with Crippen LogP contribution in [0.3, 0.4) is 0 Å². The molecule has 20 heavy (non-hydrogen) atoms. The summed E-state index contributed by atoms with van der Waals surface area (Å²) < 4.78 is 0. The Morgan fingerprint density at radius 3 is 1.45 bits per heavy atom. The normalized spacial score (nSPS) is 13.7. The molecule has 0 atom stereocenters. The molecule has 0 spiro atoms. The second-order valence-electron chi connectivity index (χ2n) is 8.51. The van der Waals surface area contributed by atoms with Crippen molar-refractivity contribution in [1.29, 1.82) is 0 Å². The smallest absolute Gasteiger partial charge is 0.123 e. The fraction of sp³-hybridized carbons (Fsp3) is 0.667. The molecule has 0 aliphatic rings. The Morgan fingerprint density at radius 1 is 0.850 bits per heavy atom. The van der Waals surface area contributed by atoms with Gasteiger partial charge >= 0.3 is 0 Å². The zero-order chi connectivity index (χ0) is 15.9. The maximum Gasteiger partial charge on any atom is 0.123 e. The highest BCUT2D eigenvalue weighted by molar-refractivity contribution is 5.51. The van der Waals surface area contributed by atoms with Gasteiger partial charge in [0.15, 0.2) is 0 Å². The second kappa shape index (κ2) is 5.07. The number of hydrogen-bond donors (Lipinski definition) is 2. The van der Waals surface area contributed by atoms with E-state index in [1.807, 2.05) is 0 Å². The highest BCUT2D eigenvalue weighted by Gasteiger charge is 2.29. The van der Waals surface area contributed by atoms with Crippen LogP contribution in [-0.4, -0.2) is 11.7 Å². The van der Waals surface area contributed by atoms with E-state index in [1.54, 1.807) is 0 Å². The summed E-state index contributed by atoms with van der Waals surface area (Å²) in [7, 11) is 0. The maximum atomic E-state index is 10.7. The van der Waals surface area contributed by atoms with E-state index in [4.69, 9.17) is 5.73 Å². The van der Waals surface area contributed by atoms with E-state index in [-0.39, 0.29) is 16.2 Å². The standard InChI is InChI=1S/C18H31NO/c1-16(2,3)13-9-12(18(7,8)11-19)10-14(15(13)20)17(4,5)6/h9-10,20H,11,19H2,1-8H3. The molecule has 0 unspecified atom stereocenters. The van der Waals surface area contributed by atoms with Crippen LogP contribution in [0.15, 0.2) is 12.1 Å². The first-order valence-electron chi connectivity index (χ1n) is 7.39. The van der Waals surface area contributed by atoms with Crippen LogP contribution in [-0.2, 0) is 16.2 Å². The fourth-order valence-corrected chi connectivity index (χ4v) is 2.29. The third-order valence-electron chi connectivity index (χ3n) is 4.02. The van der Waals surface area contributed by atoms with Crippen molar-refractivity contribution < 1.29 is 5.11 Å². The average molecular weight is 277 g/mol. The number of nitrogens with two attached hydrogens (primary N) is 1. The van der Waals surface area contributed by atoms with Crippen LogP contribution in [0.1, 0.15) is 72.1 Å². The molecule has 0 saturated carbocycles. The Bertz CT molecular complexity index is 452. The summed E-state index contributed by atoms with van der Waals surface area (Å²) in [6, 6.07) is 4.24. The highest BCUT2D eigenvalue weighted by Crippen LogP contribution is 2.41. The number of phenolic OH excluding ortho intramolecular Hbond substituents is 1. The summed E-state index contributed by atoms with van der Waals surface area (Å²) in [5.74, 6) is 0.432. The van der Waals surface area contributed by atoms with Gasteiger partial charge in [0.05, 0.1) is 0 Å². The predicted octanol–water partition coefficient (Wildman–Crippen LogP) is 4.22. The van der Waals surface area contributed by atoms with Crippen molar-refractivity contribution in [2.75, 3.05) is 6.54 Å². The number of benzene rings is 1. The topological polar surface area (TPSA) is 46.2 Å². The van der Waals surface area contributed by atoms with E-state index in [0.29, 0.717) is 12.3 Å². The molecule has 2 heteroatoms. The molecule has 0 heterocycles. The first-order valence-corrected chi connectivity index (χ1v) is 7.39. The molecule has 1 aromatic rings. The van der Waals surface area contributed by atoms with Crippen molar-refractivity contribution in [2.45, 2.75) is 71.6 Å². The monoisotopic (exact) mass is 277 g/mol. The van der Waals surface area contributed by atoms with Gasteiger partial charge in [-0.25, -0.2) is 0 Å². The van der Waals surface area contributed by atoms with Gasteiger partial charge < -0.3 is 10.8 Å². The lowest BCUT2D eigenvalue weighted by Crippen LogP contribution is -2.29. The van der Waals surface area contributed by atoms with Crippen LogP contribution < -0.4 is 5.73 Å². The summed E-state index contributed by atoms with van der Waals surface area (Å²) in [6.07, 6.45) is 0. The van der Waals surface area contributed by atoms with E-state index < -0.39 is 0 Å². The third kappa shape index (κ3) is 3.35. The van der Waals surface area contributed by atoms with E-state index in [0.717, 1.165) is 11.1 Å². The van der Waals surface area contributed by atoms with E-state index >= 15 is 0 Å². The van der Waals surface area contributed by atoms with Crippen LogP contribution in [0.5, 0.6) is 5.75 Å². The molecule has 114 valence electrons. The Morgan fingerprint density at radius 2 is 1.20 bits per heavy atom. The molecule has 0 bridgehead atoms. The largest absolute Gasteiger partial charge is 0.507 e. The van der Waals surface area contributed by atoms with Crippen molar-refractivity contribution in [2.24, 2.45) is 5.73 Å². The molecule has 0 aliphatic heterocycles. The number of aromatic hydroxyl groups is 1. The van der Waals surface area contributed by atoms with Gasteiger partial charge in [0.25, 0.3) is 0 Å². The number of rotatable bonds is 2. The minimum atomic E-state index is -0.0925. The fourth-order valence-electron chi connectivity index (χ4n) is 2.29. The Hall–Kier alpha value is -1.02. The van der Waals surface area contributed by atoms with Crippen molar-refractivity contribution in [3.05, 3.63) is 28.8 Å². The molecule has 0 radical (unpaired) electrons. The zero-order valence-corrected chi connectivity index (χ0v) is 14.4. The molecular formula is C18H31NO. The first-order chi connectivity index (χ1) is 8.80. The van der Waals surface area contributed by atoms with Gasteiger partial charge in [-0.3, -0.25) is 0 Å². The van der Waals surface area contributed by atoms with E-state index in [9.17, 15) is 5.11 Å². The predicted molar refractivity (Wildman–Crippen MR) is 87.6 cm³/mol. The lowest BCUT2D eigenvalue weighted by atomic mass is 9.74. The van der Waals surface area contributed by atoms with Gasteiger partial charge in [0.2, 0.25) is 0 Å². The van der Waals surface area contributed by atoms with Crippen molar-refractivity contribution in [1.82, 2.24) is 0 Å². The van der Waals surface area contributed by atoms with Crippen LogP contribution in [0.4, 0.5) is 0 Å². The van der Waals surface area contributed by atoms with Crippen LogP contribution >= 0.6 is 0 Å². The first kappa shape index (κ1) is 17.0. The van der Waals surface area contributed by atoms with Gasteiger partial charge in [-0.1, -0.05) is 67.5 Å². The molecule has 0 amide bonds. The second-order valence-corrected chi connectivity index (χ2v) is 8.51. The van der Waals surface area contributed by atoms with Crippen molar-refractivity contribution >= 4 is 0 Å². The van der Waals surface area contributed by atoms with Crippen molar-refractivity contribution in [3.8, 4) is 5.75 Å². The molecule has 1 rings (SSSR count). The third-order valence-corrected chi connectivity index (χ3v) is 4.02. The average Bonchev–Trinajstić information content (AvgIpc) is 2.25. The number of phenols is 1. The van der Waals surface area contributed by atoms with Gasteiger partial charge in [0, 0.05) is 12.0 Å². The van der Waals surface area contributed by atoms with Crippen LogP contribution in [0.25, 0.3) is 0 Å². The van der Waals surface area contributed by atoms with E-state index in [2.05, 4.69) is 67.5 Å². The van der Waals surface area contributed by atoms with Crippen LogP contribution in [0, 0.1) is 0 Å². The van der Waals surface area contributed by atoms with Gasteiger partial charge in [-0.05, 0) is 27.5 Å². The Balaban J connectivity index is 3.68. The number of hydrogen-bond acceptors (Lipinski definition) is 2. The summed E-state index contributed by atoms with van der Waals surface area (Å²) >= 11 is 0. The molecule has 3 N–H and O–H groups in total. The summed E-state index contributed by atoms with van der Waals surface area (Å²) in [5, 5.41) is 10.7. The summed E-state index contributed by atoms with van der Waals surface area (Å²) in [6.45, 7) is 17.7. The van der Waals surface area contributed by atoms with E-state index in [1.165, 1.54) is 5.56 Å². The zero-order valence-electron chi connectivity index (χ0n) is 14.4. The van der Waals surface area contributed by atoms with Gasteiger partial charge in [-0.2, -0.15) is 0 Å². The van der Waals surface area contributed by atoms with Crippen molar-refractivity contribution in [3.63, 3.8) is 0 Å². The minimum absolute atomic E-state index is 0.0896. The molecule has 2 nitrogen and oxygen atoms in total. The lowest BCUT2D eigenvalue weighted by molar-refractivity contribution is 0.420. The highest BCUT2D eigenvalue weighted by atomic mass is 16.3. The van der Waals surface area contributed by atoms with Gasteiger partial charge in [-0.15, -0.1) is 0 Å². The molecular weight excluding hydrogens is 246 g/mol. The summed E-state index contributed by atoms with van der Waals surface area (Å²) in [5.41, 5.74) is 8.86. The Kier molecular flexibility index (Phi) is 4.32. The minimum Gasteiger partial charge on any atom is -0.507 e. The molecule has 0 aromatic heterocycles. The summed E-state index contributed by atoms with van der Waals surface area (Å²) in [4.78, 5) is 0. The maximum absolute atomic E-state index is 10.7. The Labute approximate surface area is 124 Å². The molecule has 1 aromatic carbocycles. The van der Waals surface area contributed by atoms with Gasteiger partial charge in [0.1, 0.15) is 5.75 Å². The SMILES string of the molecule is CC(C)(C)c1cc(C(C)(C)CN)cc(C(C)(C)C)c1O. The molecule has 0 saturated heterocycles. The molecule has 0 fully saturated rings.